The molecule has 0 saturated carbocycles. The molecule has 1 amide bonds. The number of para-hydroxylation sites is 1. The van der Waals surface area contributed by atoms with Crippen LogP contribution < -0.4 is 9.62 Å². The van der Waals surface area contributed by atoms with Crippen LogP contribution in [0.1, 0.15) is 27.8 Å². The molecule has 6 rings (SSSR count). The molecule has 1 atom stereocenters. The minimum atomic E-state index is -3.82. The molecule has 1 aromatic heterocycles. The number of anilines is 2. The third kappa shape index (κ3) is 3.14. The number of rotatable bonds is 3. The number of hydrogen-bond acceptors (Lipinski definition) is 4. The van der Waals surface area contributed by atoms with E-state index in [0.717, 1.165) is 23.3 Å². The maximum atomic E-state index is 13.6. The van der Waals surface area contributed by atoms with Gasteiger partial charge in [0, 0.05) is 34.7 Å². The van der Waals surface area contributed by atoms with Gasteiger partial charge in [-0.1, -0.05) is 30.3 Å². The number of halogens is 1. The highest BCUT2D eigenvalue weighted by Crippen LogP contribution is 2.43. The first-order chi connectivity index (χ1) is 16.3. The Hall–Kier alpha value is -3.30. The van der Waals surface area contributed by atoms with E-state index >= 15 is 0 Å². The van der Waals surface area contributed by atoms with Gasteiger partial charge in [-0.05, 0) is 64.3 Å². The molecule has 3 aromatic carbocycles. The molecule has 9 heteroatoms. The van der Waals surface area contributed by atoms with Crippen LogP contribution in [0.2, 0.25) is 0 Å². The molecule has 0 bridgehead atoms. The van der Waals surface area contributed by atoms with E-state index in [9.17, 15) is 13.2 Å². The summed E-state index contributed by atoms with van der Waals surface area (Å²) in [6.07, 6.45) is 0.526. The number of nitrogens with zero attached hydrogens (tertiary/aromatic N) is 2. The molecule has 34 heavy (non-hydrogen) atoms. The SMILES string of the molecule is CN1c2ccc(NS(=O)(=O)c3ccccc3Br)cc2C(=O)N2CCc3c([nH]c4ccccc34)C21. The Kier molecular flexibility index (Phi) is 4.76. The van der Waals surface area contributed by atoms with Crippen molar-refractivity contribution in [3.05, 3.63) is 88.0 Å². The van der Waals surface area contributed by atoms with E-state index in [-0.39, 0.29) is 17.0 Å². The van der Waals surface area contributed by atoms with Gasteiger partial charge in [0.05, 0.1) is 16.9 Å². The van der Waals surface area contributed by atoms with Crippen molar-refractivity contribution < 1.29 is 13.2 Å². The van der Waals surface area contributed by atoms with Crippen molar-refractivity contribution in [2.75, 3.05) is 23.2 Å². The lowest BCUT2D eigenvalue weighted by Gasteiger charge is -2.46. The van der Waals surface area contributed by atoms with Gasteiger partial charge in [0.1, 0.15) is 11.1 Å². The van der Waals surface area contributed by atoms with Crippen LogP contribution in [0.25, 0.3) is 10.9 Å². The summed E-state index contributed by atoms with van der Waals surface area (Å²) >= 11 is 3.30. The number of carbonyl (C=O) groups excluding carboxylic acids is 1. The lowest BCUT2D eigenvalue weighted by Crippen LogP contribution is -2.51. The van der Waals surface area contributed by atoms with Crippen molar-refractivity contribution in [2.24, 2.45) is 0 Å². The fraction of sp³-hybridized carbons (Fsp3) is 0.160. The number of aromatic amines is 1. The second kappa shape index (κ2) is 7.61. The number of H-pyrrole nitrogens is 1. The van der Waals surface area contributed by atoms with Crippen LogP contribution >= 0.6 is 15.9 Å². The second-order valence-corrected chi connectivity index (χ2v) is 11.1. The summed E-state index contributed by atoms with van der Waals surface area (Å²) in [5, 5.41) is 1.20. The number of nitrogens with one attached hydrogen (secondary N) is 2. The third-order valence-corrected chi connectivity index (χ3v) is 9.01. The molecule has 1 unspecified atom stereocenters. The Labute approximate surface area is 205 Å². The molecule has 0 radical (unpaired) electrons. The third-order valence-electron chi connectivity index (χ3n) is 6.62. The Balaban J connectivity index is 1.39. The van der Waals surface area contributed by atoms with E-state index < -0.39 is 10.0 Å². The summed E-state index contributed by atoms with van der Waals surface area (Å²) < 4.78 is 29.0. The Morgan fingerprint density at radius 2 is 1.82 bits per heavy atom. The van der Waals surface area contributed by atoms with E-state index in [0.29, 0.717) is 22.3 Å². The fourth-order valence-corrected chi connectivity index (χ4v) is 7.13. The molecule has 0 aliphatic carbocycles. The van der Waals surface area contributed by atoms with Crippen molar-refractivity contribution in [2.45, 2.75) is 17.5 Å². The molecule has 4 aromatic rings. The van der Waals surface area contributed by atoms with Crippen LogP contribution in [0, 0.1) is 0 Å². The van der Waals surface area contributed by atoms with Gasteiger partial charge in [-0.2, -0.15) is 0 Å². The smallest absolute Gasteiger partial charge is 0.263 e. The zero-order chi connectivity index (χ0) is 23.6. The standard InChI is InChI=1S/C25H21BrN4O3S/c1-29-21-11-10-15(28-34(32,33)22-9-5-3-7-19(22)26)14-18(21)25(31)30-13-12-17-16-6-2-4-8-20(16)27-23(17)24(29)30/h2-11,14,24,27-28H,12-13H2,1H3. The van der Waals surface area contributed by atoms with Crippen molar-refractivity contribution in [1.29, 1.82) is 0 Å². The van der Waals surface area contributed by atoms with Crippen LogP contribution in [0.3, 0.4) is 0 Å². The van der Waals surface area contributed by atoms with Gasteiger partial charge in [-0.25, -0.2) is 8.42 Å². The molecule has 0 saturated heterocycles. The van der Waals surface area contributed by atoms with Crippen LogP contribution in [-0.2, 0) is 16.4 Å². The average molecular weight is 537 g/mol. The van der Waals surface area contributed by atoms with Crippen molar-refractivity contribution in [3.63, 3.8) is 0 Å². The second-order valence-electron chi connectivity index (χ2n) is 8.56. The zero-order valence-corrected chi connectivity index (χ0v) is 20.7. The molecular formula is C25H21BrN4O3S. The number of fused-ring (bicyclic) bond motifs is 6. The largest absolute Gasteiger partial charge is 0.355 e. The first-order valence-corrected chi connectivity index (χ1v) is 13.2. The van der Waals surface area contributed by atoms with E-state index in [1.165, 1.54) is 17.0 Å². The van der Waals surface area contributed by atoms with Crippen LogP contribution in [0.5, 0.6) is 0 Å². The first kappa shape index (κ1) is 21.2. The van der Waals surface area contributed by atoms with E-state index in [1.54, 1.807) is 36.4 Å². The predicted octanol–water partition coefficient (Wildman–Crippen LogP) is 4.88. The average Bonchev–Trinajstić information content (AvgIpc) is 3.21. The van der Waals surface area contributed by atoms with Gasteiger partial charge >= 0.3 is 0 Å². The molecule has 7 nitrogen and oxygen atoms in total. The lowest BCUT2D eigenvalue weighted by molar-refractivity contribution is 0.0634. The number of sulfonamides is 1. The summed E-state index contributed by atoms with van der Waals surface area (Å²) in [6.45, 7) is 0.592. The quantitative estimate of drug-likeness (QED) is 0.390. The summed E-state index contributed by atoms with van der Waals surface area (Å²) in [4.78, 5) is 21.2. The van der Waals surface area contributed by atoms with Gasteiger partial charge in [0.15, 0.2) is 0 Å². The van der Waals surface area contributed by atoms with Gasteiger partial charge < -0.3 is 14.8 Å². The Morgan fingerprint density at radius 3 is 2.65 bits per heavy atom. The molecule has 2 aliphatic rings. The minimum absolute atomic E-state index is 0.107. The molecule has 2 aliphatic heterocycles. The summed E-state index contributed by atoms with van der Waals surface area (Å²) in [7, 11) is -1.85. The van der Waals surface area contributed by atoms with Crippen LogP contribution in [-0.4, -0.2) is 37.8 Å². The fourth-order valence-electron chi connectivity index (χ4n) is 5.07. The Morgan fingerprint density at radius 1 is 1.06 bits per heavy atom. The molecule has 172 valence electrons. The van der Waals surface area contributed by atoms with Crippen molar-refractivity contribution >= 4 is 54.1 Å². The van der Waals surface area contributed by atoms with Gasteiger partial charge in [-0.15, -0.1) is 0 Å². The van der Waals surface area contributed by atoms with E-state index in [1.807, 2.05) is 24.1 Å². The number of carbonyl (C=O) groups is 1. The molecule has 0 fully saturated rings. The maximum absolute atomic E-state index is 13.6. The van der Waals surface area contributed by atoms with Crippen LogP contribution in [0.4, 0.5) is 11.4 Å². The summed E-state index contributed by atoms with van der Waals surface area (Å²) in [5.74, 6) is -0.107. The molecule has 3 heterocycles. The highest BCUT2D eigenvalue weighted by molar-refractivity contribution is 9.10. The predicted molar refractivity (Wildman–Crippen MR) is 136 cm³/mol. The number of amides is 1. The van der Waals surface area contributed by atoms with Crippen molar-refractivity contribution in [3.8, 4) is 0 Å². The van der Waals surface area contributed by atoms with Gasteiger partial charge in [0.2, 0.25) is 0 Å². The van der Waals surface area contributed by atoms with Crippen molar-refractivity contribution in [1.82, 2.24) is 9.88 Å². The first-order valence-electron chi connectivity index (χ1n) is 10.9. The van der Waals surface area contributed by atoms with Gasteiger partial charge in [-0.3, -0.25) is 9.52 Å². The maximum Gasteiger partial charge on any atom is 0.263 e. The van der Waals surface area contributed by atoms with Crippen LogP contribution in [0.15, 0.2) is 76.1 Å². The Bertz CT molecular complexity index is 1580. The lowest BCUT2D eigenvalue weighted by atomic mass is 9.96. The summed E-state index contributed by atoms with van der Waals surface area (Å²) in [6, 6.07) is 20.0. The number of aromatic nitrogens is 1. The monoisotopic (exact) mass is 536 g/mol. The van der Waals surface area contributed by atoms with E-state index in [2.05, 4.69) is 42.7 Å². The zero-order valence-electron chi connectivity index (χ0n) is 18.2. The number of benzene rings is 3. The summed E-state index contributed by atoms with van der Waals surface area (Å²) in [5.41, 5.74) is 4.94. The molecular weight excluding hydrogens is 516 g/mol. The highest BCUT2D eigenvalue weighted by atomic mass is 79.9. The number of hydrogen-bond donors (Lipinski definition) is 2. The normalized spacial score (nSPS) is 17.4. The molecule has 2 N–H and O–H groups in total. The highest BCUT2D eigenvalue weighted by Gasteiger charge is 2.41. The topological polar surface area (TPSA) is 85.5 Å². The minimum Gasteiger partial charge on any atom is -0.355 e. The van der Waals surface area contributed by atoms with Gasteiger partial charge in [0.25, 0.3) is 15.9 Å². The molecule has 0 spiro atoms. The van der Waals surface area contributed by atoms with E-state index in [4.69, 9.17) is 0 Å².